The summed E-state index contributed by atoms with van der Waals surface area (Å²) in [6, 6.07) is 0.0937. The third kappa shape index (κ3) is 6.48. The third-order valence-electron chi connectivity index (χ3n) is 1.67. The van der Waals surface area contributed by atoms with Gasteiger partial charge in [0.05, 0.1) is 5.76 Å². The van der Waals surface area contributed by atoms with Crippen molar-refractivity contribution in [3.8, 4) is 0 Å². The zero-order valence-electron chi connectivity index (χ0n) is 7.89. The lowest BCUT2D eigenvalue weighted by atomic mass is 10.1. The average Bonchev–Trinajstić information content (AvgIpc) is 2.10. The lowest BCUT2D eigenvalue weighted by molar-refractivity contribution is -0.0988. The van der Waals surface area contributed by atoms with Crippen LogP contribution in [0.5, 0.6) is 0 Å². The van der Waals surface area contributed by atoms with Gasteiger partial charge in [-0.1, -0.05) is 0 Å². The monoisotopic (exact) mass is 194 g/mol. The van der Waals surface area contributed by atoms with Crippen LogP contribution in [0, 0.1) is 0 Å². The van der Waals surface area contributed by atoms with Crippen molar-refractivity contribution < 1.29 is 13.5 Å². The zero-order valence-corrected chi connectivity index (χ0v) is 7.89. The molecule has 0 aromatic carbocycles. The number of hydrogen-bond donors (Lipinski definition) is 2. The standard InChI is InChI=1S/C8H16F2N2O/c1-3-7(13-8(9)10)5-4-6(2)12-11/h3,6,8,12H,4-5,11H2,1-2H3. The van der Waals surface area contributed by atoms with E-state index in [4.69, 9.17) is 5.84 Å². The molecule has 1 atom stereocenters. The molecule has 78 valence electrons. The Labute approximate surface area is 76.9 Å². The Kier molecular flexibility index (Phi) is 6.44. The minimum Gasteiger partial charge on any atom is -0.440 e. The minimum absolute atomic E-state index is 0.0937. The van der Waals surface area contributed by atoms with E-state index in [-0.39, 0.29) is 6.04 Å². The molecule has 0 bridgehead atoms. The van der Waals surface area contributed by atoms with E-state index in [0.717, 1.165) is 0 Å². The molecule has 0 aliphatic carbocycles. The Morgan fingerprint density at radius 1 is 1.62 bits per heavy atom. The highest BCUT2D eigenvalue weighted by Gasteiger charge is 2.07. The van der Waals surface area contributed by atoms with Crippen LogP contribution in [0.1, 0.15) is 26.7 Å². The Bertz CT molecular complexity index is 162. The topological polar surface area (TPSA) is 47.3 Å². The van der Waals surface area contributed by atoms with Gasteiger partial charge in [-0.05, 0) is 26.3 Å². The van der Waals surface area contributed by atoms with E-state index in [0.29, 0.717) is 18.6 Å². The van der Waals surface area contributed by atoms with Crippen molar-refractivity contribution in [2.24, 2.45) is 5.84 Å². The first-order valence-electron chi connectivity index (χ1n) is 4.16. The molecule has 0 heterocycles. The molecule has 1 unspecified atom stereocenters. The second-order valence-corrected chi connectivity index (χ2v) is 2.74. The van der Waals surface area contributed by atoms with Crippen LogP contribution in [-0.2, 0) is 4.74 Å². The van der Waals surface area contributed by atoms with Crippen molar-refractivity contribution in [3.63, 3.8) is 0 Å². The highest BCUT2D eigenvalue weighted by molar-refractivity contribution is 4.90. The summed E-state index contributed by atoms with van der Waals surface area (Å²) in [7, 11) is 0. The molecule has 0 aromatic heterocycles. The summed E-state index contributed by atoms with van der Waals surface area (Å²) in [5, 5.41) is 0. The molecule has 0 saturated heterocycles. The van der Waals surface area contributed by atoms with Crippen molar-refractivity contribution in [2.75, 3.05) is 0 Å². The van der Waals surface area contributed by atoms with E-state index in [2.05, 4.69) is 10.2 Å². The molecule has 0 aliphatic heterocycles. The van der Waals surface area contributed by atoms with Gasteiger partial charge in [0.1, 0.15) is 0 Å². The molecular weight excluding hydrogens is 178 g/mol. The second kappa shape index (κ2) is 6.80. The summed E-state index contributed by atoms with van der Waals surface area (Å²) >= 11 is 0. The van der Waals surface area contributed by atoms with Crippen LogP contribution >= 0.6 is 0 Å². The lowest BCUT2D eigenvalue weighted by Gasteiger charge is -2.12. The van der Waals surface area contributed by atoms with Gasteiger partial charge in [-0.15, -0.1) is 0 Å². The fraction of sp³-hybridized carbons (Fsp3) is 0.750. The van der Waals surface area contributed by atoms with Gasteiger partial charge in [-0.25, -0.2) is 0 Å². The van der Waals surface area contributed by atoms with Gasteiger partial charge < -0.3 is 4.74 Å². The summed E-state index contributed by atoms with van der Waals surface area (Å²) in [6.45, 7) is 0.792. The summed E-state index contributed by atoms with van der Waals surface area (Å²) < 4.78 is 27.8. The number of allylic oxidation sites excluding steroid dienone is 2. The number of hydrogen-bond acceptors (Lipinski definition) is 3. The Morgan fingerprint density at radius 2 is 2.23 bits per heavy atom. The Hall–Kier alpha value is -0.680. The second-order valence-electron chi connectivity index (χ2n) is 2.74. The Balaban J connectivity index is 3.74. The molecule has 0 fully saturated rings. The molecule has 0 radical (unpaired) electrons. The van der Waals surface area contributed by atoms with Crippen LogP contribution in [0.2, 0.25) is 0 Å². The number of ether oxygens (including phenoxy) is 1. The van der Waals surface area contributed by atoms with E-state index in [1.165, 1.54) is 6.08 Å². The van der Waals surface area contributed by atoms with Gasteiger partial charge in [0.15, 0.2) is 0 Å². The lowest BCUT2D eigenvalue weighted by Crippen LogP contribution is -2.32. The van der Waals surface area contributed by atoms with Gasteiger partial charge in [-0.2, -0.15) is 8.78 Å². The molecule has 0 saturated carbocycles. The molecular formula is C8H16F2N2O. The number of rotatable bonds is 6. The first kappa shape index (κ1) is 12.3. The summed E-state index contributed by atoms with van der Waals surface area (Å²) in [6.07, 6.45) is 2.67. The third-order valence-corrected chi connectivity index (χ3v) is 1.67. The van der Waals surface area contributed by atoms with Crippen LogP contribution in [-0.4, -0.2) is 12.7 Å². The SMILES string of the molecule is CC=C(CCC(C)NN)OC(F)F. The van der Waals surface area contributed by atoms with Crippen LogP contribution in [0.3, 0.4) is 0 Å². The molecule has 0 amide bonds. The molecule has 5 heteroatoms. The molecule has 0 spiro atoms. The van der Waals surface area contributed by atoms with E-state index >= 15 is 0 Å². The Morgan fingerprint density at radius 3 is 2.62 bits per heavy atom. The van der Waals surface area contributed by atoms with Crippen molar-refractivity contribution in [1.82, 2.24) is 5.43 Å². The number of hydrazine groups is 1. The van der Waals surface area contributed by atoms with Gasteiger partial charge in [0.2, 0.25) is 0 Å². The van der Waals surface area contributed by atoms with Crippen LogP contribution in [0.4, 0.5) is 8.78 Å². The highest BCUT2D eigenvalue weighted by Crippen LogP contribution is 2.12. The summed E-state index contributed by atoms with van der Waals surface area (Å²) in [5.74, 6) is 5.45. The molecule has 3 N–H and O–H groups in total. The van der Waals surface area contributed by atoms with Crippen molar-refractivity contribution in [2.45, 2.75) is 39.3 Å². The van der Waals surface area contributed by atoms with E-state index in [9.17, 15) is 8.78 Å². The average molecular weight is 194 g/mol. The first-order chi connectivity index (χ1) is 6.10. The van der Waals surface area contributed by atoms with Crippen LogP contribution < -0.4 is 11.3 Å². The fourth-order valence-corrected chi connectivity index (χ4v) is 0.828. The van der Waals surface area contributed by atoms with Crippen molar-refractivity contribution >= 4 is 0 Å². The quantitative estimate of drug-likeness (QED) is 0.385. The van der Waals surface area contributed by atoms with E-state index in [1.807, 2.05) is 6.92 Å². The van der Waals surface area contributed by atoms with E-state index < -0.39 is 6.61 Å². The zero-order chi connectivity index (χ0) is 10.3. The summed E-state index contributed by atoms with van der Waals surface area (Å²) in [4.78, 5) is 0. The maximum Gasteiger partial charge on any atom is 0.387 e. The molecule has 0 rings (SSSR count). The molecule has 3 nitrogen and oxygen atoms in total. The van der Waals surface area contributed by atoms with Gasteiger partial charge in [0, 0.05) is 12.5 Å². The normalized spacial score (nSPS) is 14.8. The van der Waals surface area contributed by atoms with Gasteiger partial charge in [-0.3, -0.25) is 11.3 Å². The van der Waals surface area contributed by atoms with Crippen LogP contribution in [0.15, 0.2) is 11.8 Å². The number of alkyl halides is 2. The highest BCUT2D eigenvalue weighted by atomic mass is 19.3. The number of halogens is 2. The van der Waals surface area contributed by atoms with Crippen molar-refractivity contribution in [3.05, 3.63) is 11.8 Å². The number of nitrogens with two attached hydrogens (primary N) is 1. The molecule has 13 heavy (non-hydrogen) atoms. The smallest absolute Gasteiger partial charge is 0.387 e. The van der Waals surface area contributed by atoms with Gasteiger partial charge >= 0.3 is 6.61 Å². The molecule has 0 aliphatic rings. The maximum absolute atomic E-state index is 11.8. The minimum atomic E-state index is -2.74. The molecule has 0 aromatic rings. The van der Waals surface area contributed by atoms with Gasteiger partial charge in [0.25, 0.3) is 0 Å². The largest absolute Gasteiger partial charge is 0.440 e. The number of nitrogens with one attached hydrogen (secondary N) is 1. The van der Waals surface area contributed by atoms with Crippen molar-refractivity contribution in [1.29, 1.82) is 0 Å². The predicted molar refractivity (Wildman–Crippen MR) is 46.9 cm³/mol. The predicted octanol–water partition coefficient (Wildman–Crippen LogP) is 1.76. The summed E-state index contributed by atoms with van der Waals surface area (Å²) in [5.41, 5.74) is 2.53. The first-order valence-corrected chi connectivity index (χ1v) is 4.16. The van der Waals surface area contributed by atoms with Crippen LogP contribution in [0.25, 0.3) is 0 Å². The van der Waals surface area contributed by atoms with E-state index in [1.54, 1.807) is 6.92 Å². The fourth-order valence-electron chi connectivity index (χ4n) is 0.828. The maximum atomic E-state index is 11.8.